The normalized spacial score (nSPS) is 20.5. The number of anilines is 1. The van der Waals surface area contributed by atoms with Crippen LogP contribution in [0.5, 0.6) is 0 Å². The number of nitrogens with one attached hydrogen (secondary N) is 1. The van der Waals surface area contributed by atoms with E-state index in [1.54, 1.807) is 6.20 Å². The summed E-state index contributed by atoms with van der Waals surface area (Å²) in [7, 11) is -3.11. The molecule has 0 spiro atoms. The summed E-state index contributed by atoms with van der Waals surface area (Å²) in [5, 5.41) is 0. The quantitative estimate of drug-likeness (QED) is 0.898. The molecule has 1 aromatic heterocycles. The van der Waals surface area contributed by atoms with Crippen molar-refractivity contribution in [1.29, 1.82) is 0 Å². The van der Waals surface area contributed by atoms with Gasteiger partial charge in [0.25, 0.3) is 0 Å². The molecule has 1 saturated heterocycles. The Bertz CT molecular complexity index is 536. The Hall–Kier alpha value is -0.660. The minimum absolute atomic E-state index is 0.331. The summed E-state index contributed by atoms with van der Waals surface area (Å²) in [6.45, 7) is 2.29. The molecule has 1 aliphatic heterocycles. The van der Waals surface area contributed by atoms with Gasteiger partial charge in [-0.25, -0.2) is 18.1 Å². The zero-order valence-corrected chi connectivity index (χ0v) is 13.2. The van der Waals surface area contributed by atoms with Crippen molar-refractivity contribution < 1.29 is 8.42 Å². The Labute approximate surface area is 122 Å². The van der Waals surface area contributed by atoms with Gasteiger partial charge in [0, 0.05) is 25.8 Å². The Morgan fingerprint density at radius 1 is 1.58 bits per heavy atom. The van der Waals surface area contributed by atoms with Gasteiger partial charge in [-0.2, -0.15) is 0 Å². The number of aromatic nitrogens is 1. The number of nitrogens with zero attached hydrogens (tertiary/aromatic N) is 2. The maximum atomic E-state index is 11.1. The molecule has 0 aliphatic carbocycles. The lowest BCUT2D eigenvalue weighted by atomic mass is 9.98. The summed E-state index contributed by atoms with van der Waals surface area (Å²) in [5.41, 5.74) is 0. The number of rotatable bonds is 4. The minimum atomic E-state index is -3.11. The lowest BCUT2D eigenvalue weighted by Crippen LogP contribution is -2.41. The van der Waals surface area contributed by atoms with Crippen molar-refractivity contribution in [3.63, 3.8) is 0 Å². The molecule has 0 aromatic carbocycles. The highest BCUT2D eigenvalue weighted by atomic mass is 79.9. The molecule has 1 unspecified atom stereocenters. The third kappa shape index (κ3) is 4.43. The van der Waals surface area contributed by atoms with Crippen LogP contribution in [0.15, 0.2) is 22.8 Å². The van der Waals surface area contributed by atoms with Gasteiger partial charge in [0.2, 0.25) is 10.0 Å². The van der Waals surface area contributed by atoms with Crippen LogP contribution in [0.1, 0.15) is 12.8 Å². The van der Waals surface area contributed by atoms with E-state index >= 15 is 0 Å². The molecule has 0 amide bonds. The molecule has 2 heterocycles. The molecule has 0 bridgehead atoms. The molecule has 19 heavy (non-hydrogen) atoms. The van der Waals surface area contributed by atoms with Gasteiger partial charge in [-0.3, -0.25) is 0 Å². The third-order valence-electron chi connectivity index (χ3n) is 3.19. The first-order valence-corrected chi connectivity index (χ1v) is 8.94. The summed E-state index contributed by atoms with van der Waals surface area (Å²) in [4.78, 5) is 6.60. The Morgan fingerprint density at radius 3 is 3.05 bits per heavy atom. The standard InChI is InChI=1S/C12H18BrN3O2S/c1-19(17,18)15-8-10-4-3-7-16(9-10)12-11(13)5-2-6-14-12/h2,5-6,10,15H,3-4,7-9H2,1H3. The zero-order valence-electron chi connectivity index (χ0n) is 10.8. The van der Waals surface area contributed by atoms with Crippen LogP contribution in [0.4, 0.5) is 5.82 Å². The lowest BCUT2D eigenvalue weighted by Gasteiger charge is -2.34. The number of hydrogen-bond donors (Lipinski definition) is 1. The number of piperidine rings is 1. The van der Waals surface area contributed by atoms with Crippen LogP contribution in [0, 0.1) is 5.92 Å². The molecular formula is C12H18BrN3O2S. The van der Waals surface area contributed by atoms with Crippen LogP contribution in [0.2, 0.25) is 0 Å². The van der Waals surface area contributed by atoms with Gasteiger partial charge in [-0.1, -0.05) is 0 Å². The zero-order chi connectivity index (χ0) is 13.9. The summed E-state index contributed by atoms with van der Waals surface area (Å²) in [6, 6.07) is 3.86. The maximum absolute atomic E-state index is 11.1. The maximum Gasteiger partial charge on any atom is 0.208 e. The van der Waals surface area contributed by atoms with E-state index in [0.717, 1.165) is 36.2 Å². The molecule has 7 heteroatoms. The fourth-order valence-corrected chi connectivity index (χ4v) is 3.35. The van der Waals surface area contributed by atoms with Crippen molar-refractivity contribution in [1.82, 2.24) is 9.71 Å². The SMILES string of the molecule is CS(=O)(=O)NCC1CCCN(c2ncccc2Br)C1. The van der Waals surface area contributed by atoms with Gasteiger partial charge in [-0.15, -0.1) is 0 Å². The van der Waals surface area contributed by atoms with E-state index in [1.165, 1.54) is 6.26 Å². The molecule has 5 nitrogen and oxygen atoms in total. The summed E-state index contributed by atoms with van der Waals surface area (Å²) >= 11 is 3.51. The van der Waals surface area contributed by atoms with Crippen molar-refractivity contribution in [2.24, 2.45) is 5.92 Å². The van der Waals surface area contributed by atoms with Gasteiger partial charge >= 0.3 is 0 Å². The fourth-order valence-electron chi connectivity index (χ4n) is 2.30. The first-order chi connectivity index (χ1) is 8.96. The van der Waals surface area contributed by atoms with Gasteiger partial charge in [0.1, 0.15) is 5.82 Å². The van der Waals surface area contributed by atoms with E-state index in [9.17, 15) is 8.42 Å². The van der Waals surface area contributed by atoms with Crippen LogP contribution in [-0.4, -0.2) is 39.3 Å². The largest absolute Gasteiger partial charge is 0.355 e. The second kappa shape index (κ2) is 6.19. The highest BCUT2D eigenvalue weighted by molar-refractivity contribution is 9.10. The third-order valence-corrected chi connectivity index (χ3v) is 4.50. The predicted octanol–water partition coefficient (Wildman–Crippen LogP) is 1.61. The van der Waals surface area contributed by atoms with Gasteiger partial charge in [0.05, 0.1) is 10.7 Å². The van der Waals surface area contributed by atoms with Crippen LogP contribution in [0.3, 0.4) is 0 Å². The van der Waals surface area contributed by atoms with E-state index in [0.29, 0.717) is 12.5 Å². The minimum Gasteiger partial charge on any atom is -0.355 e. The summed E-state index contributed by atoms with van der Waals surface area (Å²) in [5.74, 6) is 1.27. The predicted molar refractivity (Wildman–Crippen MR) is 79.7 cm³/mol. The van der Waals surface area contributed by atoms with Gasteiger partial charge in [-0.05, 0) is 46.8 Å². The highest BCUT2D eigenvalue weighted by Gasteiger charge is 2.22. The van der Waals surface area contributed by atoms with Gasteiger partial charge in [0.15, 0.2) is 0 Å². The van der Waals surface area contributed by atoms with Crippen molar-refractivity contribution in [3.05, 3.63) is 22.8 Å². The van der Waals surface area contributed by atoms with E-state index in [4.69, 9.17) is 0 Å². The number of hydrogen-bond acceptors (Lipinski definition) is 4. The monoisotopic (exact) mass is 347 g/mol. The van der Waals surface area contributed by atoms with E-state index < -0.39 is 10.0 Å². The Balaban J connectivity index is 1.99. The number of pyridine rings is 1. The van der Waals surface area contributed by atoms with E-state index in [1.807, 2.05) is 12.1 Å². The van der Waals surface area contributed by atoms with E-state index in [-0.39, 0.29) is 0 Å². The first kappa shape index (κ1) is 14.7. The van der Waals surface area contributed by atoms with Crippen molar-refractivity contribution in [2.45, 2.75) is 12.8 Å². The fraction of sp³-hybridized carbons (Fsp3) is 0.583. The van der Waals surface area contributed by atoms with Crippen molar-refractivity contribution in [2.75, 3.05) is 30.8 Å². The lowest BCUT2D eigenvalue weighted by molar-refractivity contribution is 0.409. The summed E-state index contributed by atoms with van der Waals surface area (Å²) < 4.78 is 25.8. The molecule has 1 fully saturated rings. The van der Waals surface area contributed by atoms with E-state index in [2.05, 4.69) is 30.5 Å². The molecule has 2 rings (SSSR count). The molecule has 0 radical (unpaired) electrons. The van der Waals surface area contributed by atoms with Crippen molar-refractivity contribution in [3.8, 4) is 0 Å². The van der Waals surface area contributed by atoms with Crippen LogP contribution >= 0.6 is 15.9 Å². The van der Waals surface area contributed by atoms with Crippen LogP contribution in [0.25, 0.3) is 0 Å². The second-order valence-corrected chi connectivity index (χ2v) is 7.57. The second-order valence-electron chi connectivity index (χ2n) is 4.88. The molecule has 1 aliphatic rings. The average molecular weight is 348 g/mol. The highest BCUT2D eigenvalue weighted by Crippen LogP contribution is 2.27. The molecule has 1 atom stereocenters. The summed E-state index contributed by atoms with van der Waals surface area (Å²) in [6.07, 6.45) is 5.07. The molecule has 1 N–H and O–H groups in total. The molecule has 1 aromatic rings. The van der Waals surface area contributed by atoms with Crippen molar-refractivity contribution >= 4 is 31.8 Å². The van der Waals surface area contributed by atoms with Crippen LogP contribution in [-0.2, 0) is 10.0 Å². The molecule has 106 valence electrons. The van der Waals surface area contributed by atoms with Crippen LogP contribution < -0.4 is 9.62 Å². The topological polar surface area (TPSA) is 62.3 Å². The Kier molecular flexibility index (Phi) is 4.81. The Morgan fingerprint density at radius 2 is 2.37 bits per heavy atom. The first-order valence-electron chi connectivity index (χ1n) is 6.26. The average Bonchev–Trinajstić information content (AvgIpc) is 2.36. The number of sulfonamides is 1. The number of halogens is 1. The molecular weight excluding hydrogens is 330 g/mol. The van der Waals surface area contributed by atoms with Gasteiger partial charge < -0.3 is 4.90 Å². The molecule has 0 saturated carbocycles. The smallest absolute Gasteiger partial charge is 0.208 e.